The Bertz CT molecular complexity index is 279. The van der Waals surface area contributed by atoms with Crippen LogP contribution < -0.4 is 11.1 Å². The van der Waals surface area contributed by atoms with E-state index in [1.807, 2.05) is 6.92 Å². The predicted octanol–water partition coefficient (Wildman–Crippen LogP) is 0.592. The van der Waals surface area contributed by atoms with Gasteiger partial charge in [0.15, 0.2) is 0 Å². The molecular weight excluding hydrogens is 212 g/mol. The third-order valence-corrected chi connectivity index (χ3v) is 3.13. The molecule has 4 nitrogen and oxygen atoms in total. The molecule has 0 bridgehead atoms. The second-order valence-electron chi connectivity index (χ2n) is 4.56. The first-order valence-corrected chi connectivity index (χ1v) is 5.47. The van der Waals surface area contributed by atoms with Crippen LogP contribution in [0.15, 0.2) is 0 Å². The molecule has 86 valence electrons. The number of nitrogens with two attached hydrogens (primary N) is 1. The minimum Gasteiger partial charge on any atom is -0.391 e. The first-order valence-electron chi connectivity index (χ1n) is 5.06. The molecule has 5 heteroatoms. The Kier molecular flexibility index (Phi) is 3.67. The van der Waals surface area contributed by atoms with E-state index in [-0.39, 0.29) is 17.9 Å². The number of carbonyl (C=O) groups is 1. The summed E-state index contributed by atoms with van der Waals surface area (Å²) in [5.74, 6) is -0.106. The maximum Gasteiger partial charge on any atom is 0.226 e. The van der Waals surface area contributed by atoms with Crippen LogP contribution in [0.5, 0.6) is 0 Å². The zero-order valence-electron chi connectivity index (χ0n) is 9.37. The van der Waals surface area contributed by atoms with E-state index in [0.29, 0.717) is 11.6 Å². The van der Waals surface area contributed by atoms with Crippen molar-refractivity contribution in [2.45, 2.75) is 38.8 Å². The average Bonchev–Trinajstić information content (AvgIpc) is 2.50. The van der Waals surface area contributed by atoms with Gasteiger partial charge in [-0.15, -0.1) is 0 Å². The van der Waals surface area contributed by atoms with E-state index in [0.717, 1.165) is 6.42 Å². The van der Waals surface area contributed by atoms with Crippen molar-refractivity contribution in [3.05, 3.63) is 0 Å². The highest BCUT2D eigenvalue weighted by Crippen LogP contribution is 2.20. The smallest absolute Gasteiger partial charge is 0.226 e. The summed E-state index contributed by atoms with van der Waals surface area (Å²) in [6.07, 6.45) is 0.924. The van der Waals surface area contributed by atoms with Gasteiger partial charge in [0.2, 0.25) is 5.91 Å². The van der Waals surface area contributed by atoms with Gasteiger partial charge in [0.25, 0.3) is 0 Å². The van der Waals surface area contributed by atoms with Gasteiger partial charge in [-0.1, -0.05) is 12.2 Å². The van der Waals surface area contributed by atoms with Crippen molar-refractivity contribution in [2.24, 2.45) is 11.7 Å². The molecular formula is C10H18N2O2S. The van der Waals surface area contributed by atoms with Crippen molar-refractivity contribution in [3.8, 4) is 0 Å². The molecule has 1 saturated heterocycles. The molecule has 0 saturated carbocycles. The molecule has 1 aliphatic heterocycles. The Labute approximate surface area is 95.5 Å². The second-order valence-corrected chi connectivity index (χ2v) is 4.99. The van der Waals surface area contributed by atoms with E-state index in [1.165, 1.54) is 0 Å². The SMILES string of the molecule is CC1CC(C(=O)NC(C)(C)C(N)=S)CO1. The summed E-state index contributed by atoms with van der Waals surface area (Å²) in [5.41, 5.74) is 4.90. The van der Waals surface area contributed by atoms with Crippen LogP contribution in [0.25, 0.3) is 0 Å². The number of carbonyl (C=O) groups excluding carboxylic acids is 1. The Morgan fingerprint density at radius 2 is 2.20 bits per heavy atom. The molecule has 1 rings (SSSR count). The van der Waals surface area contributed by atoms with E-state index in [2.05, 4.69) is 5.32 Å². The van der Waals surface area contributed by atoms with Gasteiger partial charge >= 0.3 is 0 Å². The van der Waals surface area contributed by atoms with Crippen LogP contribution in [0.3, 0.4) is 0 Å². The molecule has 2 unspecified atom stereocenters. The standard InChI is InChI=1S/C10H18N2O2S/c1-6-4-7(5-14-6)8(13)12-10(2,3)9(11)15/h6-7H,4-5H2,1-3H3,(H2,11,15)(H,12,13). The van der Waals surface area contributed by atoms with Crippen LogP contribution >= 0.6 is 12.2 Å². The molecule has 1 fully saturated rings. The van der Waals surface area contributed by atoms with Gasteiger partial charge in [-0.3, -0.25) is 4.79 Å². The number of nitrogens with one attached hydrogen (secondary N) is 1. The zero-order valence-corrected chi connectivity index (χ0v) is 10.2. The lowest BCUT2D eigenvalue weighted by atomic mass is 10.0. The quantitative estimate of drug-likeness (QED) is 0.697. The molecule has 1 amide bonds. The summed E-state index contributed by atoms with van der Waals surface area (Å²) in [4.78, 5) is 12.1. The van der Waals surface area contributed by atoms with Crippen molar-refractivity contribution in [1.29, 1.82) is 0 Å². The molecule has 2 atom stereocenters. The minimum atomic E-state index is -0.627. The summed E-state index contributed by atoms with van der Waals surface area (Å²) in [5, 5.41) is 2.83. The lowest BCUT2D eigenvalue weighted by molar-refractivity contribution is -0.125. The molecule has 0 aromatic rings. The van der Waals surface area contributed by atoms with Crippen molar-refractivity contribution >= 4 is 23.1 Å². The molecule has 0 aliphatic carbocycles. The molecule has 1 aliphatic rings. The van der Waals surface area contributed by atoms with Crippen LogP contribution in [0.2, 0.25) is 0 Å². The lowest BCUT2D eigenvalue weighted by Crippen LogP contribution is -2.53. The van der Waals surface area contributed by atoms with Crippen LogP contribution in [0, 0.1) is 5.92 Å². The normalized spacial score (nSPS) is 26.3. The van der Waals surface area contributed by atoms with E-state index in [9.17, 15) is 4.79 Å². The van der Waals surface area contributed by atoms with Gasteiger partial charge in [-0.2, -0.15) is 0 Å². The van der Waals surface area contributed by atoms with Crippen molar-refractivity contribution < 1.29 is 9.53 Å². The van der Waals surface area contributed by atoms with Gasteiger partial charge < -0.3 is 15.8 Å². The summed E-state index contributed by atoms with van der Waals surface area (Å²) in [6.45, 7) is 6.05. The minimum absolute atomic E-state index is 0.0304. The predicted molar refractivity (Wildman–Crippen MR) is 62.5 cm³/mol. The van der Waals surface area contributed by atoms with E-state index in [4.69, 9.17) is 22.7 Å². The van der Waals surface area contributed by atoms with Crippen molar-refractivity contribution in [3.63, 3.8) is 0 Å². The maximum atomic E-state index is 11.8. The fourth-order valence-electron chi connectivity index (χ4n) is 1.47. The number of hydrogen-bond donors (Lipinski definition) is 2. The Balaban J connectivity index is 2.52. The largest absolute Gasteiger partial charge is 0.391 e. The first kappa shape index (κ1) is 12.4. The Morgan fingerprint density at radius 3 is 2.60 bits per heavy atom. The first-order chi connectivity index (χ1) is 6.83. The number of thiocarbonyl (C=S) groups is 1. The van der Waals surface area contributed by atoms with Crippen molar-refractivity contribution in [2.75, 3.05) is 6.61 Å². The summed E-state index contributed by atoms with van der Waals surface area (Å²) >= 11 is 4.88. The fourth-order valence-corrected chi connectivity index (χ4v) is 1.52. The molecule has 0 radical (unpaired) electrons. The summed E-state index contributed by atoms with van der Waals surface area (Å²) in [7, 11) is 0. The highest BCUT2D eigenvalue weighted by atomic mass is 32.1. The van der Waals surface area contributed by atoms with Gasteiger partial charge in [-0.05, 0) is 27.2 Å². The lowest BCUT2D eigenvalue weighted by Gasteiger charge is -2.26. The highest BCUT2D eigenvalue weighted by Gasteiger charge is 2.32. The highest BCUT2D eigenvalue weighted by molar-refractivity contribution is 7.80. The van der Waals surface area contributed by atoms with Gasteiger partial charge in [0.1, 0.15) is 0 Å². The molecule has 1 heterocycles. The number of rotatable bonds is 3. The zero-order chi connectivity index (χ0) is 11.6. The number of ether oxygens (including phenoxy) is 1. The summed E-state index contributed by atoms with van der Waals surface area (Å²) < 4.78 is 5.34. The third-order valence-electron chi connectivity index (χ3n) is 2.62. The van der Waals surface area contributed by atoms with Gasteiger partial charge in [0, 0.05) is 0 Å². The Hall–Kier alpha value is -0.680. The third kappa shape index (κ3) is 3.14. The van der Waals surface area contributed by atoms with Gasteiger partial charge in [-0.25, -0.2) is 0 Å². The second kappa shape index (κ2) is 4.45. The molecule has 0 aromatic carbocycles. The maximum absolute atomic E-state index is 11.8. The van der Waals surface area contributed by atoms with E-state index >= 15 is 0 Å². The molecule has 3 N–H and O–H groups in total. The van der Waals surface area contributed by atoms with E-state index in [1.54, 1.807) is 13.8 Å². The monoisotopic (exact) mass is 230 g/mol. The molecule has 15 heavy (non-hydrogen) atoms. The number of hydrogen-bond acceptors (Lipinski definition) is 3. The van der Waals surface area contributed by atoms with Crippen LogP contribution in [-0.2, 0) is 9.53 Å². The number of amides is 1. The van der Waals surface area contributed by atoms with E-state index < -0.39 is 5.54 Å². The molecule has 0 aromatic heterocycles. The van der Waals surface area contributed by atoms with Gasteiger partial charge in [0.05, 0.1) is 29.2 Å². The fraction of sp³-hybridized carbons (Fsp3) is 0.800. The average molecular weight is 230 g/mol. The van der Waals surface area contributed by atoms with Crippen LogP contribution in [-0.4, -0.2) is 29.1 Å². The topological polar surface area (TPSA) is 64.4 Å². The van der Waals surface area contributed by atoms with Crippen molar-refractivity contribution in [1.82, 2.24) is 5.32 Å². The van der Waals surface area contributed by atoms with Crippen LogP contribution in [0.1, 0.15) is 27.2 Å². The Morgan fingerprint density at radius 1 is 1.60 bits per heavy atom. The molecule has 0 spiro atoms. The van der Waals surface area contributed by atoms with Crippen LogP contribution in [0.4, 0.5) is 0 Å². The summed E-state index contributed by atoms with van der Waals surface area (Å²) in [6, 6.07) is 0.